The van der Waals surface area contributed by atoms with Crippen molar-refractivity contribution in [1.29, 1.82) is 0 Å². The van der Waals surface area contributed by atoms with Gasteiger partial charge in [-0.2, -0.15) is 11.8 Å². The van der Waals surface area contributed by atoms with Gasteiger partial charge in [0, 0.05) is 44.2 Å². The van der Waals surface area contributed by atoms with Crippen molar-refractivity contribution in [3.8, 4) is 0 Å². The van der Waals surface area contributed by atoms with Gasteiger partial charge in [0.15, 0.2) is 0 Å². The van der Waals surface area contributed by atoms with Crippen molar-refractivity contribution in [1.82, 2.24) is 15.1 Å². The molecule has 7 heteroatoms. The number of urea groups is 1. The summed E-state index contributed by atoms with van der Waals surface area (Å²) in [5.41, 5.74) is 2.87. The van der Waals surface area contributed by atoms with E-state index >= 15 is 0 Å². The Labute approximate surface area is 181 Å². The van der Waals surface area contributed by atoms with Crippen molar-refractivity contribution in [2.75, 3.05) is 38.5 Å². The number of benzene rings is 2. The Balaban J connectivity index is 1.32. The quantitative estimate of drug-likeness (QED) is 0.686. The van der Waals surface area contributed by atoms with Crippen molar-refractivity contribution in [3.63, 3.8) is 0 Å². The molecule has 1 aliphatic heterocycles. The van der Waals surface area contributed by atoms with Gasteiger partial charge in [-0.05, 0) is 24.1 Å². The summed E-state index contributed by atoms with van der Waals surface area (Å²) < 4.78 is 13.6. The molecule has 0 aromatic heterocycles. The Morgan fingerprint density at radius 1 is 1.00 bits per heavy atom. The van der Waals surface area contributed by atoms with E-state index in [9.17, 15) is 14.0 Å². The van der Waals surface area contributed by atoms with Crippen LogP contribution >= 0.6 is 11.8 Å². The summed E-state index contributed by atoms with van der Waals surface area (Å²) >= 11 is 1.59. The molecular weight excluding hydrogens is 401 g/mol. The fraction of sp³-hybridized carbons (Fsp3) is 0.391. The van der Waals surface area contributed by atoms with Crippen LogP contribution in [0, 0.1) is 12.7 Å². The molecule has 1 N–H and O–H groups in total. The maximum absolute atomic E-state index is 13.6. The number of hydrogen-bond acceptors (Lipinski definition) is 3. The zero-order chi connectivity index (χ0) is 21.3. The van der Waals surface area contributed by atoms with Crippen LogP contribution < -0.4 is 5.32 Å². The molecule has 0 saturated carbocycles. The maximum atomic E-state index is 13.6. The lowest BCUT2D eigenvalue weighted by atomic mass is 10.1. The van der Waals surface area contributed by atoms with E-state index in [0.717, 1.165) is 11.3 Å². The summed E-state index contributed by atoms with van der Waals surface area (Å²) in [6.45, 7) is 4.74. The number of piperazine rings is 1. The largest absolute Gasteiger partial charge is 0.339 e. The average molecular weight is 430 g/mol. The molecule has 3 rings (SSSR count). The lowest BCUT2D eigenvalue weighted by Crippen LogP contribution is -2.53. The zero-order valence-corrected chi connectivity index (χ0v) is 18.1. The Morgan fingerprint density at radius 3 is 2.37 bits per heavy atom. The number of amides is 3. The van der Waals surface area contributed by atoms with Crippen molar-refractivity contribution in [3.05, 3.63) is 71.0 Å². The first-order chi connectivity index (χ1) is 14.5. The Morgan fingerprint density at radius 2 is 1.67 bits per heavy atom. The average Bonchev–Trinajstić information content (AvgIpc) is 2.76. The second-order valence-corrected chi connectivity index (χ2v) is 8.51. The molecule has 30 heavy (non-hydrogen) atoms. The number of halogens is 1. The maximum Gasteiger partial charge on any atom is 0.317 e. The second kappa shape index (κ2) is 11.0. The van der Waals surface area contributed by atoms with Gasteiger partial charge in [-0.3, -0.25) is 4.79 Å². The molecule has 1 heterocycles. The fourth-order valence-corrected chi connectivity index (χ4v) is 4.14. The van der Waals surface area contributed by atoms with Gasteiger partial charge in [-0.25, -0.2) is 9.18 Å². The van der Waals surface area contributed by atoms with Gasteiger partial charge >= 0.3 is 6.03 Å². The SMILES string of the molecule is Cc1ccc(CC(=O)N2CCN(C(=O)NCCSCc3ccccc3F)CC2)cc1. The van der Waals surface area contributed by atoms with Crippen LogP contribution in [-0.2, 0) is 17.0 Å². The summed E-state index contributed by atoms with van der Waals surface area (Å²) in [4.78, 5) is 28.4. The van der Waals surface area contributed by atoms with Crippen LogP contribution in [0.2, 0.25) is 0 Å². The molecule has 0 atom stereocenters. The van der Waals surface area contributed by atoms with Gasteiger partial charge in [-0.1, -0.05) is 48.0 Å². The van der Waals surface area contributed by atoms with E-state index in [0.29, 0.717) is 50.5 Å². The van der Waals surface area contributed by atoms with E-state index in [-0.39, 0.29) is 17.8 Å². The molecule has 0 spiro atoms. The van der Waals surface area contributed by atoms with Crippen LogP contribution in [0.1, 0.15) is 16.7 Å². The van der Waals surface area contributed by atoms with E-state index in [1.807, 2.05) is 42.2 Å². The monoisotopic (exact) mass is 429 g/mol. The van der Waals surface area contributed by atoms with E-state index in [2.05, 4.69) is 5.32 Å². The third-order valence-corrected chi connectivity index (χ3v) is 6.14. The molecule has 0 bridgehead atoms. The second-order valence-electron chi connectivity index (χ2n) is 7.41. The van der Waals surface area contributed by atoms with Crippen LogP contribution in [0.15, 0.2) is 48.5 Å². The molecule has 0 radical (unpaired) electrons. The van der Waals surface area contributed by atoms with Crippen LogP contribution in [0.5, 0.6) is 0 Å². The molecule has 5 nitrogen and oxygen atoms in total. The lowest BCUT2D eigenvalue weighted by molar-refractivity contribution is -0.131. The van der Waals surface area contributed by atoms with E-state index in [4.69, 9.17) is 0 Å². The first-order valence-corrected chi connectivity index (χ1v) is 11.4. The summed E-state index contributed by atoms with van der Waals surface area (Å²) in [5.74, 6) is 1.21. The van der Waals surface area contributed by atoms with E-state index in [1.54, 1.807) is 28.8 Å². The molecule has 0 unspecified atom stereocenters. The van der Waals surface area contributed by atoms with Gasteiger partial charge < -0.3 is 15.1 Å². The Kier molecular flexibility index (Phi) is 8.13. The number of aryl methyl sites for hydroxylation is 1. The minimum absolute atomic E-state index is 0.100. The molecule has 1 saturated heterocycles. The standard InChI is InChI=1S/C23H28FN3O2S/c1-18-6-8-19(9-7-18)16-22(28)26-11-13-27(14-12-26)23(29)25-10-15-30-17-20-4-2-3-5-21(20)24/h2-9H,10-17H2,1H3,(H,25,29). The summed E-state index contributed by atoms with van der Waals surface area (Å²) in [6.07, 6.45) is 0.395. The number of nitrogens with one attached hydrogen (secondary N) is 1. The van der Waals surface area contributed by atoms with Gasteiger partial charge in [0.25, 0.3) is 0 Å². The highest BCUT2D eigenvalue weighted by atomic mass is 32.2. The summed E-state index contributed by atoms with van der Waals surface area (Å²) in [6, 6.07) is 14.6. The van der Waals surface area contributed by atoms with Crippen LogP contribution in [0.25, 0.3) is 0 Å². The van der Waals surface area contributed by atoms with Crippen LogP contribution in [-0.4, -0.2) is 60.2 Å². The molecule has 0 aliphatic carbocycles. The number of rotatable bonds is 7. The smallest absolute Gasteiger partial charge is 0.317 e. The van der Waals surface area contributed by atoms with Gasteiger partial charge in [0.1, 0.15) is 5.82 Å². The van der Waals surface area contributed by atoms with Gasteiger partial charge in [0.2, 0.25) is 5.91 Å². The molecule has 160 valence electrons. The summed E-state index contributed by atoms with van der Waals surface area (Å²) in [7, 11) is 0. The molecule has 1 aliphatic rings. The van der Waals surface area contributed by atoms with Crippen LogP contribution in [0.4, 0.5) is 9.18 Å². The number of thioether (sulfide) groups is 1. The van der Waals surface area contributed by atoms with Gasteiger partial charge in [0.05, 0.1) is 6.42 Å². The predicted octanol–water partition coefficient (Wildman–Crippen LogP) is 3.46. The topological polar surface area (TPSA) is 52.7 Å². The summed E-state index contributed by atoms with van der Waals surface area (Å²) in [5, 5.41) is 2.91. The number of hydrogen-bond donors (Lipinski definition) is 1. The Bertz CT molecular complexity index is 852. The molecule has 2 aromatic carbocycles. The zero-order valence-electron chi connectivity index (χ0n) is 17.3. The molecule has 3 amide bonds. The number of carbonyl (C=O) groups excluding carboxylic acids is 2. The lowest BCUT2D eigenvalue weighted by Gasteiger charge is -2.34. The first-order valence-electron chi connectivity index (χ1n) is 10.2. The van der Waals surface area contributed by atoms with Crippen molar-refractivity contribution >= 4 is 23.7 Å². The minimum Gasteiger partial charge on any atom is -0.339 e. The predicted molar refractivity (Wildman–Crippen MR) is 119 cm³/mol. The van der Waals surface area contributed by atoms with E-state index in [1.165, 1.54) is 11.6 Å². The fourth-order valence-electron chi connectivity index (χ4n) is 3.29. The van der Waals surface area contributed by atoms with Gasteiger partial charge in [-0.15, -0.1) is 0 Å². The molecule has 1 fully saturated rings. The first kappa shape index (κ1) is 22.2. The molecule has 2 aromatic rings. The normalized spacial score (nSPS) is 13.9. The molecular formula is C23H28FN3O2S. The number of carbonyl (C=O) groups is 2. The number of nitrogens with zero attached hydrogens (tertiary/aromatic N) is 2. The van der Waals surface area contributed by atoms with Crippen molar-refractivity contribution < 1.29 is 14.0 Å². The highest BCUT2D eigenvalue weighted by molar-refractivity contribution is 7.98. The third kappa shape index (κ3) is 6.49. The highest BCUT2D eigenvalue weighted by Gasteiger charge is 2.23. The van der Waals surface area contributed by atoms with Crippen molar-refractivity contribution in [2.24, 2.45) is 0 Å². The minimum atomic E-state index is -0.191. The van der Waals surface area contributed by atoms with Crippen LogP contribution in [0.3, 0.4) is 0 Å². The third-order valence-electron chi connectivity index (χ3n) is 5.13. The van der Waals surface area contributed by atoms with Crippen molar-refractivity contribution in [2.45, 2.75) is 19.1 Å². The highest BCUT2D eigenvalue weighted by Crippen LogP contribution is 2.15. The Hall–Kier alpha value is -2.54. The van der Waals surface area contributed by atoms with E-state index < -0.39 is 0 Å².